The van der Waals surface area contributed by atoms with E-state index in [9.17, 15) is 9.59 Å². The van der Waals surface area contributed by atoms with Crippen molar-refractivity contribution in [2.75, 3.05) is 18.0 Å². The monoisotopic (exact) mass is 320 g/mol. The highest BCUT2D eigenvalue weighted by atomic mass is 16.2. The molecule has 2 aromatic carbocycles. The fourth-order valence-corrected chi connectivity index (χ4v) is 3.75. The predicted octanol–water partition coefficient (Wildman–Crippen LogP) is 2.88. The van der Waals surface area contributed by atoms with Crippen LogP contribution in [0.5, 0.6) is 0 Å². The molecule has 2 aliphatic rings. The third-order valence-corrected chi connectivity index (χ3v) is 4.99. The summed E-state index contributed by atoms with van der Waals surface area (Å²) in [5.41, 5.74) is 2.65. The van der Waals surface area contributed by atoms with Crippen LogP contribution in [0.3, 0.4) is 0 Å². The molecule has 0 radical (unpaired) electrons. The number of carbonyl (C=O) groups is 2. The number of benzene rings is 2. The van der Waals surface area contributed by atoms with Crippen molar-refractivity contribution in [3.05, 3.63) is 65.7 Å². The molecule has 0 unspecified atom stereocenters. The highest BCUT2D eigenvalue weighted by Gasteiger charge is 2.40. The summed E-state index contributed by atoms with van der Waals surface area (Å²) in [6, 6.07) is 17.9. The molecular formula is C20H20N2O2. The van der Waals surface area contributed by atoms with Gasteiger partial charge in [0, 0.05) is 25.7 Å². The number of para-hydroxylation sites is 1. The highest BCUT2D eigenvalue weighted by Crippen LogP contribution is 2.33. The molecule has 0 aliphatic carbocycles. The van der Waals surface area contributed by atoms with Gasteiger partial charge in [0.05, 0.1) is 11.3 Å². The zero-order valence-electron chi connectivity index (χ0n) is 13.5. The van der Waals surface area contributed by atoms with Crippen LogP contribution >= 0.6 is 0 Å². The zero-order chi connectivity index (χ0) is 16.5. The lowest BCUT2D eigenvalue weighted by Crippen LogP contribution is -2.46. The quantitative estimate of drug-likeness (QED) is 0.817. The first kappa shape index (κ1) is 15.1. The summed E-state index contributed by atoms with van der Waals surface area (Å²) < 4.78 is 0. The summed E-state index contributed by atoms with van der Waals surface area (Å²) in [7, 11) is 0. The Morgan fingerprint density at radius 2 is 1.54 bits per heavy atom. The smallest absolute Gasteiger partial charge is 0.299 e. The van der Waals surface area contributed by atoms with E-state index in [2.05, 4.69) is 29.2 Å². The topological polar surface area (TPSA) is 40.6 Å². The first-order chi connectivity index (χ1) is 11.7. The molecule has 0 atom stereocenters. The van der Waals surface area contributed by atoms with E-state index in [0.29, 0.717) is 5.56 Å². The van der Waals surface area contributed by atoms with Gasteiger partial charge in [0.15, 0.2) is 0 Å². The van der Waals surface area contributed by atoms with Crippen LogP contribution in [-0.4, -0.2) is 35.7 Å². The van der Waals surface area contributed by atoms with Crippen LogP contribution < -0.4 is 4.90 Å². The van der Waals surface area contributed by atoms with E-state index in [1.54, 1.807) is 11.0 Å². The number of amides is 1. The molecule has 4 rings (SSSR count). The second kappa shape index (κ2) is 6.21. The van der Waals surface area contributed by atoms with Gasteiger partial charge in [-0.25, -0.2) is 0 Å². The third-order valence-electron chi connectivity index (χ3n) is 4.99. The van der Waals surface area contributed by atoms with Crippen molar-refractivity contribution in [2.45, 2.75) is 25.4 Å². The standard InChI is InChI=1S/C20H20N2O2/c23-19-17-8-4-5-9-18(17)22(20(19)24)16-10-12-21(13-11-16)14-15-6-2-1-3-7-15/h1-9,16H,10-14H2. The van der Waals surface area contributed by atoms with Crippen molar-refractivity contribution >= 4 is 17.4 Å². The number of Topliss-reactive ketones (excluding diaryl/α,β-unsaturated/α-hetero) is 1. The Balaban J connectivity index is 1.45. The van der Waals surface area contributed by atoms with E-state index in [0.717, 1.165) is 38.2 Å². The van der Waals surface area contributed by atoms with Crippen LogP contribution in [0.15, 0.2) is 54.6 Å². The maximum absolute atomic E-state index is 12.4. The van der Waals surface area contributed by atoms with Gasteiger partial charge in [-0.1, -0.05) is 42.5 Å². The minimum absolute atomic E-state index is 0.122. The highest BCUT2D eigenvalue weighted by molar-refractivity contribution is 6.52. The van der Waals surface area contributed by atoms with Gasteiger partial charge in [-0.15, -0.1) is 0 Å². The SMILES string of the molecule is O=C1C(=O)N(C2CCN(Cc3ccccc3)CC2)c2ccccc21. The Labute approximate surface area is 141 Å². The van der Waals surface area contributed by atoms with Crippen molar-refractivity contribution in [3.8, 4) is 0 Å². The maximum Gasteiger partial charge on any atom is 0.299 e. The van der Waals surface area contributed by atoms with Crippen molar-refractivity contribution in [1.29, 1.82) is 0 Å². The van der Waals surface area contributed by atoms with Gasteiger partial charge in [0.2, 0.25) is 0 Å². The van der Waals surface area contributed by atoms with Crippen molar-refractivity contribution in [2.24, 2.45) is 0 Å². The summed E-state index contributed by atoms with van der Waals surface area (Å²) in [6.45, 7) is 2.83. The van der Waals surface area contributed by atoms with Gasteiger partial charge in [0.1, 0.15) is 0 Å². The molecule has 0 saturated carbocycles. The number of hydrogen-bond acceptors (Lipinski definition) is 3. The van der Waals surface area contributed by atoms with Crippen LogP contribution in [-0.2, 0) is 11.3 Å². The number of ketones is 1. The van der Waals surface area contributed by atoms with Crippen molar-refractivity contribution in [1.82, 2.24) is 4.90 Å². The average molecular weight is 320 g/mol. The Morgan fingerprint density at radius 3 is 2.29 bits per heavy atom. The molecule has 4 nitrogen and oxygen atoms in total. The molecule has 2 heterocycles. The van der Waals surface area contributed by atoms with Crippen LogP contribution in [0.25, 0.3) is 0 Å². The first-order valence-corrected chi connectivity index (χ1v) is 8.47. The number of fused-ring (bicyclic) bond motifs is 1. The molecule has 2 aliphatic heterocycles. The molecule has 4 heteroatoms. The maximum atomic E-state index is 12.4. The van der Waals surface area contributed by atoms with Gasteiger partial charge >= 0.3 is 0 Å². The lowest BCUT2D eigenvalue weighted by molar-refractivity contribution is -0.114. The third kappa shape index (κ3) is 2.63. The first-order valence-electron chi connectivity index (χ1n) is 8.47. The van der Waals surface area contributed by atoms with Gasteiger partial charge in [-0.05, 0) is 30.5 Å². The fourth-order valence-electron chi connectivity index (χ4n) is 3.75. The molecule has 1 amide bonds. The fraction of sp³-hybridized carbons (Fsp3) is 0.300. The number of piperidine rings is 1. The second-order valence-electron chi connectivity index (χ2n) is 6.51. The molecular weight excluding hydrogens is 300 g/mol. The van der Waals surface area contributed by atoms with Crippen LogP contribution in [0, 0.1) is 0 Å². The molecule has 0 bridgehead atoms. The zero-order valence-corrected chi connectivity index (χ0v) is 13.5. The molecule has 1 saturated heterocycles. The summed E-state index contributed by atoms with van der Waals surface area (Å²) >= 11 is 0. The number of anilines is 1. The molecule has 24 heavy (non-hydrogen) atoms. The van der Waals surface area contributed by atoms with Crippen LogP contribution in [0.4, 0.5) is 5.69 Å². The van der Waals surface area contributed by atoms with Crippen LogP contribution in [0.1, 0.15) is 28.8 Å². The number of hydrogen-bond donors (Lipinski definition) is 0. The molecule has 1 fully saturated rings. The van der Waals surface area contributed by atoms with E-state index >= 15 is 0 Å². The normalized spacial score (nSPS) is 18.9. The minimum Gasteiger partial charge on any atom is -0.302 e. The number of carbonyl (C=O) groups excluding carboxylic acids is 2. The predicted molar refractivity (Wildman–Crippen MR) is 93.0 cm³/mol. The van der Waals surface area contributed by atoms with Crippen molar-refractivity contribution < 1.29 is 9.59 Å². The van der Waals surface area contributed by atoms with Crippen molar-refractivity contribution in [3.63, 3.8) is 0 Å². The molecule has 122 valence electrons. The summed E-state index contributed by atoms with van der Waals surface area (Å²) in [4.78, 5) is 28.7. The van der Waals surface area contributed by atoms with E-state index in [1.807, 2.05) is 24.3 Å². The summed E-state index contributed by atoms with van der Waals surface area (Å²) in [5, 5.41) is 0. The average Bonchev–Trinajstić information content (AvgIpc) is 2.88. The van der Waals surface area contributed by atoms with Gasteiger partial charge in [-0.3, -0.25) is 14.5 Å². The molecule has 0 spiro atoms. The Kier molecular flexibility index (Phi) is 3.90. The molecule has 2 aromatic rings. The Hall–Kier alpha value is -2.46. The van der Waals surface area contributed by atoms with E-state index in [-0.39, 0.29) is 17.7 Å². The van der Waals surface area contributed by atoms with E-state index in [1.165, 1.54) is 5.56 Å². The largest absolute Gasteiger partial charge is 0.302 e. The number of rotatable bonds is 3. The van der Waals surface area contributed by atoms with Crippen LogP contribution in [0.2, 0.25) is 0 Å². The summed E-state index contributed by atoms with van der Waals surface area (Å²) in [6.07, 6.45) is 1.81. The lowest BCUT2D eigenvalue weighted by Gasteiger charge is -2.36. The summed E-state index contributed by atoms with van der Waals surface area (Å²) in [5.74, 6) is -0.727. The number of likely N-dealkylation sites (tertiary alicyclic amines) is 1. The van der Waals surface area contributed by atoms with Gasteiger partial charge < -0.3 is 4.90 Å². The van der Waals surface area contributed by atoms with Gasteiger partial charge in [0.25, 0.3) is 11.7 Å². The molecule has 0 N–H and O–H groups in total. The molecule has 0 aromatic heterocycles. The number of nitrogens with zero attached hydrogens (tertiary/aromatic N) is 2. The van der Waals surface area contributed by atoms with E-state index < -0.39 is 0 Å². The lowest BCUT2D eigenvalue weighted by atomic mass is 10.0. The Bertz CT molecular complexity index is 764. The van der Waals surface area contributed by atoms with Gasteiger partial charge in [-0.2, -0.15) is 0 Å². The second-order valence-corrected chi connectivity index (χ2v) is 6.51. The van der Waals surface area contributed by atoms with E-state index in [4.69, 9.17) is 0 Å². The Morgan fingerprint density at radius 1 is 0.875 bits per heavy atom. The minimum atomic E-state index is -0.364.